The number of amides is 1. The van der Waals surface area contributed by atoms with Crippen LogP contribution in [0.3, 0.4) is 0 Å². The molecule has 0 unspecified atom stereocenters. The first-order valence-electron chi connectivity index (χ1n) is 8.47. The molecule has 6 heteroatoms. The van der Waals surface area contributed by atoms with E-state index in [0.717, 1.165) is 58.5 Å². The van der Waals surface area contributed by atoms with Crippen molar-refractivity contribution >= 4 is 11.7 Å². The molecule has 1 aliphatic carbocycles. The van der Waals surface area contributed by atoms with Gasteiger partial charge in [-0.15, -0.1) is 0 Å². The highest BCUT2D eigenvalue weighted by Gasteiger charge is 2.28. The molecule has 0 aromatic rings. The molecule has 1 saturated carbocycles. The van der Waals surface area contributed by atoms with Crippen LogP contribution in [0.2, 0.25) is 0 Å². The summed E-state index contributed by atoms with van der Waals surface area (Å²) in [5, 5.41) is 6.26. The lowest BCUT2D eigenvalue weighted by atomic mass is 9.80. The van der Waals surface area contributed by atoms with Crippen LogP contribution in [0.15, 0.2) is 0 Å². The molecule has 2 rings (SSSR count). The van der Waals surface area contributed by atoms with Crippen molar-refractivity contribution < 1.29 is 9.59 Å². The van der Waals surface area contributed by atoms with Crippen molar-refractivity contribution in [3.05, 3.63) is 0 Å². The van der Waals surface area contributed by atoms with Gasteiger partial charge in [0.15, 0.2) is 0 Å². The first kappa shape index (κ1) is 17.4. The summed E-state index contributed by atoms with van der Waals surface area (Å²) in [6.07, 6.45) is 4.57. The molecule has 1 amide bonds. The van der Waals surface area contributed by atoms with Crippen LogP contribution in [0.1, 0.15) is 39.0 Å². The summed E-state index contributed by atoms with van der Waals surface area (Å²) in [5.74, 6) is 0.708. The second-order valence-corrected chi connectivity index (χ2v) is 6.65. The second-order valence-electron chi connectivity index (χ2n) is 6.65. The maximum Gasteiger partial charge on any atom is 0.224 e. The van der Waals surface area contributed by atoms with E-state index in [-0.39, 0.29) is 23.5 Å². The van der Waals surface area contributed by atoms with E-state index < -0.39 is 0 Å². The van der Waals surface area contributed by atoms with Gasteiger partial charge < -0.3 is 10.6 Å². The van der Waals surface area contributed by atoms with E-state index in [1.54, 1.807) is 6.92 Å². The molecule has 0 aromatic carbocycles. The van der Waals surface area contributed by atoms with Gasteiger partial charge in [-0.25, -0.2) is 0 Å². The van der Waals surface area contributed by atoms with Gasteiger partial charge >= 0.3 is 0 Å². The Kier molecular flexibility index (Phi) is 6.79. The summed E-state index contributed by atoms with van der Waals surface area (Å²) in [4.78, 5) is 28.3. The zero-order valence-electron chi connectivity index (χ0n) is 13.9. The molecule has 6 nitrogen and oxygen atoms in total. The molecule has 0 bridgehead atoms. The molecular formula is C16H30N4O2. The number of nitrogens with zero attached hydrogens (tertiary/aromatic N) is 2. The van der Waals surface area contributed by atoms with E-state index >= 15 is 0 Å². The number of carbonyl (C=O) groups excluding carboxylic acids is 2. The van der Waals surface area contributed by atoms with Gasteiger partial charge in [0.05, 0.1) is 13.3 Å². The first-order chi connectivity index (χ1) is 10.6. The monoisotopic (exact) mass is 310 g/mol. The molecule has 0 spiro atoms. The number of hydrogen-bond donors (Lipinski definition) is 2. The average molecular weight is 310 g/mol. The van der Waals surface area contributed by atoms with Gasteiger partial charge in [-0.3, -0.25) is 19.4 Å². The molecule has 2 aliphatic rings. The van der Waals surface area contributed by atoms with E-state index in [2.05, 4.69) is 20.4 Å². The maximum atomic E-state index is 12.3. The first-order valence-corrected chi connectivity index (χ1v) is 8.47. The Bertz CT molecular complexity index is 378. The number of nitrogens with one attached hydrogen (secondary N) is 2. The molecule has 1 aliphatic heterocycles. The SMILES string of the molecule is CNCN1CCCN(CNC(=O)C2CCC(C(C)=O)CC2)C1. The zero-order valence-corrected chi connectivity index (χ0v) is 13.9. The van der Waals surface area contributed by atoms with Crippen LogP contribution >= 0.6 is 0 Å². The Hall–Kier alpha value is -0.980. The third kappa shape index (κ3) is 5.04. The van der Waals surface area contributed by atoms with Gasteiger partial charge in [0.1, 0.15) is 5.78 Å². The Morgan fingerprint density at radius 2 is 1.59 bits per heavy atom. The van der Waals surface area contributed by atoms with Crippen molar-refractivity contribution in [2.45, 2.75) is 39.0 Å². The standard InChI is InChI=1S/C16H30N4O2/c1-13(21)14-4-6-15(7-5-14)16(22)18-11-20-9-3-8-19(12-20)10-17-2/h14-15,17H,3-12H2,1-2H3,(H,18,22). The predicted octanol–water partition coefficient (Wildman–Crippen LogP) is 0.598. The molecule has 126 valence electrons. The Morgan fingerprint density at radius 1 is 1.00 bits per heavy atom. The minimum atomic E-state index is 0.0915. The number of carbonyl (C=O) groups is 2. The molecule has 1 heterocycles. The fourth-order valence-electron chi connectivity index (χ4n) is 3.52. The van der Waals surface area contributed by atoms with Crippen molar-refractivity contribution in [2.24, 2.45) is 11.8 Å². The molecule has 2 N–H and O–H groups in total. The Labute approximate surface area is 133 Å². The fourth-order valence-corrected chi connectivity index (χ4v) is 3.52. The van der Waals surface area contributed by atoms with Crippen molar-refractivity contribution in [3.63, 3.8) is 0 Å². The summed E-state index contributed by atoms with van der Waals surface area (Å²) in [7, 11) is 1.96. The molecule has 0 atom stereocenters. The lowest BCUT2D eigenvalue weighted by Gasteiger charge is -2.35. The lowest BCUT2D eigenvalue weighted by molar-refractivity contribution is -0.129. The third-order valence-corrected chi connectivity index (χ3v) is 4.88. The van der Waals surface area contributed by atoms with Crippen molar-refractivity contribution in [1.82, 2.24) is 20.4 Å². The van der Waals surface area contributed by atoms with E-state index in [1.165, 1.54) is 0 Å². The quantitative estimate of drug-likeness (QED) is 0.752. The van der Waals surface area contributed by atoms with Gasteiger partial charge in [-0.1, -0.05) is 0 Å². The van der Waals surface area contributed by atoms with Crippen LogP contribution in [0.25, 0.3) is 0 Å². The van der Waals surface area contributed by atoms with Crippen LogP contribution in [0.4, 0.5) is 0 Å². The van der Waals surface area contributed by atoms with E-state index in [4.69, 9.17) is 0 Å². The zero-order chi connectivity index (χ0) is 15.9. The molecule has 0 aromatic heterocycles. The number of Topliss-reactive ketones (excluding diaryl/α,β-unsaturated/α-hetero) is 1. The molecular weight excluding hydrogens is 280 g/mol. The highest BCUT2D eigenvalue weighted by atomic mass is 16.2. The third-order valence-electron chi connectivity index (χ3n) is 4.88. The van der Waals surface area contributed by atoms with E-state index in [1.807, 2.05) is 7.05 Å². The minimum absolute atomic E-state index is 0.0915. The molecule has 0 radical (unpaired) electrons. The van der Waals surface area contributed by atoms with Crippen LogP contribution in [-0.4, -0.2) is 61.6 Å². The molecule has 1 saturated heterocycles. The predicted molar refractivity (Wildman–Crippen MR) is 86.0 cm³/mol. The number of rotatable bonds is 6. The van der Waals surface area contributed by atoms with Gasteiger partial charge in [0.25, 0.3) is 0 Å². The lowest BCUT2D eigenvalue weighted by Crippen LogP contribution is -2.51. The average Bonchev–Trinajstić information content (AvgIpc) is 2.53. The maximum absolute atomic E-state index is 12.3. The second kappa shape index (κ2) is 8.60. The van der Waals surface area contributed by atoms with Crippen LogP contribution in [0, 0.1) is 11.8 Å². The summed E-state index contributed by atoms with van der Waals surface area (Å²) < 4.78 is 0. The van der Waals surface area contributed by atoms with Gasteiger partial charge in [0, 0.05) is 31.6 Å². The van der Waals surface area contributed by atoms with Crippen molar-refractivity contribution in [3.8, 4) is 0 Å². The number of hydrogen-bond acceptors (Lipinski definition) is 5. The Balaban J connectivity index is 1.68. The fraction of sp³-hybridized carbons (Fsp3) is 0.875. The van der Waals surface area contributed by atoms with Gasteiger partial charge in [-0.2, -0.15) is 0 Å². The smallest absolute Gasteiger partial charge is 0.224 e. The topological polar surface area (TPSA) is 64.7 Å². The van der Waals surface area contributed by atoms with Crippen LogP contribution in [-0.2, 0) is 9.59 Å². The summed E-state index contributed by atoms with van der Waals surface area (Å²) in [6.45, 7) is 6.24. The molecule has 2 fully saturated rings. The largest absolute Gasteiger partial charge is 0.343 e. The summed E-state index contributed by atoms with van der Waals surface area (Å²) >= 11 is 0. The van der Waals surface area contributed by atoms with E-state index in [9.17, 15) is 9.59 Å². The van der Waals surface area contributed by atoms with Crippen LogP contribution < -0.4 is 10.6 Å². The van der Waals surface area contributed by atoms with Gasteiger partial charge in [-0.05, 0) is 46.1 Å². The minimum Gasteiger partial charge on any atom is -0.343 e. The Morgan fingerprint density at radius 3 is 2.18 bits per heavy atom. The van der Waals surface area contributed by atoms with Crippen molar-refractivity contribution in [2.75, 3.05) is 40.1 Å². The van der Waals surface area contributed by atoms with Crippen LogP contribution in [0.5, 0.6) is 0 Å². The highest BCUT2D eigenvalue weighted by molar-refractivity contribution is 5.80. The summed E-state index contributed by atoms with van der Waals surface area (Å²) in [6, 6.07) is 0. The summed E-state index contributed by atoms with van der Waals surface area (Å²) in [5.41, 5.74) is 0. The molecule has 22 heavy (non-hydrogen) atoms. The number of ketones is 1. The van der Waals surface area contributed by atoms with Crippen molar-refractivity contribution in [1.29, 1.82) is 0 Å². The normalized spacial score (nSPS) is 27.5. The van der Waals surface area contributed by atoms with E-state index in [0.29, 0.717) is 6.67 Å². The highest BCUT2D eigenvalue weighted by Crippen LogP contribution is 2.29. The van der Waals surface area contributed by atoms with Gasteiger partial charge in [0.2, 0.25) is 5.91 Å².